The molecule has 0 heterocycles. The van der Waals surface area contributed by atoms with E-state index in [0.29, 0.717) is 6.42 Å². The summed E-state index contributed by atoms with van der Waals surface area (Å²) in [5.74, 6) is -1.38. The lowest BCUT2D eigenvalue weighted by molar-refractivity contribution is -0.150. The van der Waals surface area contributed by atoms with E-state index in [1.807, 2.05) is 30.3 Å². The van der Waals surface area contributed by atoms with Crippen LogP contribution in [0.5, 0.6) is 0 Å². The number of hydrogen-bond donors (Lipinski definition) is 4. The van der Waals surface area contributed by atoms with Gasteiger partial charge in [-0.25, -0.2) is 0 Å². The largest absolute Gasteiger partial charge is 0.480 e. The van der Waals surface area contributed by atoms with E-state index in [1.165, 1.54) is 5.56 Å². The fourth-order valence-electron chi connectivity index (χ4n) is 1.88. The number of hydrogen-bond acceptors (Lipinski definition) is 4. The van der Waals surface area contributed by atoms with Gasteiger partial charge in [0.25, 0.3) is 0 Å². The summed E-state index contributed by atoms with van der Waals surface area (Å²) < 4.78 is 0. The van der Waals surface area contributed by atoms with E-state index in [9.17, 15) is 9.90 Å². The number of carboxylic acid groups (broad SMARTS) is 1. The highest BCUT2D eigenvalue weighted by atomic mass is 16.4. The SMILES string of the molecule is NC(CO)(C(=O)O)C(O)CCCCc1ccccc1. The van der Waals surface area contributed by atoms with Gasteiger partial charge >= 0.3 is 5.97 Å². The van der Waals surface area contributed by atoms with Gasteiger partial charge in [-0.2, -0.15) is 0 Å². The van der Waals surface area contributed by atoms with Crippen molar-refractivity contribution in [3.05, 3.63) is 35.9 Å². The summed E-state index contributed by atoms with van der Waals surface area (Å²) in [6, 6.07) is 9.92. The maximum absolute atomic E-state index is 10.9. The first-order valence-electron chi connectivity index (χ1n) is 6.36. The predicted molar refractivity (Wildman–Crippen MR) is 71.6 cm³/mol. The second kappa shape index (κ2) is 7.23. The van der Waals surface area contributed by atoms with Crippen LogP contribution in [0.4, 0.5) is 0 Å². The Morgan fingerprint density at radius 1 is 1.26 bits per heavy atom. The van der Waals surface area contributed by atoms with Crippen molar-refractivity contribution in [2.75, 3.05) is 6.61 Å². The minimum atomic E-state index is -1.97. The predicted octanol–water partition coefficient (Wildman–Crippen LogP) is 0.535. The number of aliphatic carboxylic acids is 1. The lowest BCUT2D eigenvalue weighted by Crippen LogP contribution is -2.60. The summed E-state index contributed by atoms with van der Waals surface area (Å²) in [6.07, 6.45) is 1.38. The summed E-state index contributed by atoms with van der Waals surface area (Å²) in [5, 5.41) is 27.7. The zero-order valence-electron chi connectivity index (χ0n) is 10.8. The highest BCUT2D eigenvalue weighted by Crippen LogP contribution is 2.15. The monoisotopic (exact) mass is 267 g/mol. The number of carboxylic acids is 1. The maximum atomic E-state index is 10.9. The molecule has 1 aromatic rings. The van der Waals surface area contributed by atoms with Gasteiger partial charge in [0.1, 0.15) is 0 Å². The first-order valence-corrected chi connectivity index (χ1v) is 6.36. The van der Waals surface area contributed by atoms with Crippen LogP contribution in [-0.4, -0.2) is 39.5 Å². The van der Waals surface area contributed by atoms with E-state index in [-0.39, 0.29) is 6.42 Å². The minimum absolute atomic E-state index is 0.260. The molecule has 106 valence electrons. The Morgan fingerprint density at radius 3 is 2.42 bits per heavy atom. The Labute approximate surface area is 112 Å². The van der Waals surface area contributed by atoms with Crippen LogP contribution in [0.15, 0.2) is 30.3 Å². The Balaban J connectivity index is 2.35. The van der Waals surface area contributed by atoms with E-state index in [4.69, 9.17) is 15.9 Å². The molecule has 19 heavy (non-hydrogen) atoms. The van der Waals surface area contributed by atoms with Crippen LogP contribution in [0.1, 0.15) is 24.8 Å². The normalized spacial score (nSPS) is 15.7. The molecule has 2 unspecified atom stereocenters. The number of rotatable bonds is 8. The van der Waals surface area contributed by atoms with E-state index >= 15 is 0 Å². The molecule has 0 amide bonds. The van der Waals surface area contributed by atoms with Crippen LogP contribution in [0.2, 0.25) is 0 Å². The zero-order chi connectivity index (χ0) is 14.3. The van der Waals surface area contributed by atoms with Crippen molar-refractivity contribution in [1.29, 1.82) is 0 Å². The van der Waals surface area contributed by atoms with Gasteiger partial charge in [0, 0.05) is 0 Å². The van der Waals surface area contributed by atoms with Crippen molar-refractivity contribution in [1.82, 2.24) is 0 Å². The van der Waals surface area contributed by atoms with Crippen LogP contribution < -0.4 is 5.73 Å². The van der Waals surface area contributed by atoms with Gasteiger partial charge in [-0.05, 0) is 24.8 Å². The number of unbranched alkanes of at least 4 members (excludes halogenated alkanes) is 1. The molecule has 0 radical (unpaired) electrons. The highest BCUT2D eigenvalue weighted by molar-refractivity contribution is 5.79. The molecule has 5 nitrogen and oxygen atoms in total. The van der Waals surface area contributed by atoms with Crippen LogP contribution in [0.3, 0.4) is 0 Å². The molecular formula is C14H21NO4. The van der Waals surface area contributed by atoms with Gasteiger partial charge in [-0.3, -0.25) is 4.79 Å². The molecule has 1 aromatic carbocycles. The Morgan fingerprint density at radius 2 is 1.89 bits per heavy atom. The van der Waals surface area contributed by atoms with Crippen LogP contribution in [0.25, 0.3) is 0 Å². The van der Waals surface area contributed by atoms with Gasteiger partial charge in [-0.15, -0.1) is 0 Å². The quantitative estimate of drug-likeness (QED) is 0.514. The van der Waals surface area contributed by atoms with Crippen LogP contribution >= 0.6 is 0 Å². The third-order valence-corrected chi connectivity index (χ3v) is 3.29. The number of carbonyl (C=O) groups is 1. The number of nitrogens with two attached hydrogens (primary N) is 1. The third kappa shape index (κ3) is 4.31. The van der Waals surface area contributed by atoms with Crippen LogP contribution in [-0.2, 0) is 11.2 Å². The smallest absolute Gasteiger partial charge is 0.328 e. The number of aryl methyl sites for hydroxylation is 1. The molecular weight excluding hydrogens is 246 g/mol. The molecule has 0 saturated heterocycles. The lowest BCUT2D eigenvalue weighted by Gasteiger charge is -2.27. The van der Waals surface area contributed by atoms with E-state index in [0.717, 1.165) is 12.8 Å². The fourth-order valence-corrected chi connectivity index (χ4v) is 1.88. The summed E-state index contributed by atoms with van der Waals surface area (Å²) in [5.41, 5.74) is 4.72. The molecule has 0 saturated carbocycles. The van der Waals surface area contributed by atoms with Gasteiger partial charge in [-0.1, -0.05) is 36.8 Å². The number of aliphatic hydroxyl groups excluding tert-OH is 2. The topological polar surface area (TPSA) is 104 Å². The average Bonchev–Trinajstić information content (AvgIpc) is 2.43. The third-order valence-electron chi connectivity index (χ3n) is 3.29. The fraction of sp³-hybridized carbons (Fsp3) is 0.500. The highest BCUT2D eigenvalue weighted by Gasteiger charge is 2.40. The van der Waals surface area contributed by atoms with Gasteiger partial charge < -0.3 is 21.1 Å². The molecule has 5 N–H and O–H groups in total. The molecule has 0 aliphatic heterocycles. The van der Waals surface area contributed by atoms with Crippen LogP contribution in [0, 0.1) is 0 Å². The minimum Gasteiger partial charge on any atom is -0.480 e. The number of benzene rings is 1. The molecule has 0 bridgehead atoms. The van der Waals surface area contributed by atoms with Crippen molar-refractivity contribution in [3.63, 3.8) is 0 Å². The molecule has 2 atom stereocenters. The summed E-state index contributed by atoms with van der Waals surface area (Å²) >= 11 is 0. The molecule has 0 fully saturated rings. The average molecular weight is 267 g/mol. The first kappa shape index (κ1) is 15.6. The standard InChI is InChI=1S/C14H21NO4/c15-14(10-16,13(18)19)12(17)9-5-4-8-11-6-2-1-3-7-11/h1-3,6-7,12,16-17H,4-5,8-10,15H2,(H,18,19). The lowest BCUT2D eigenvalue weighted by atomic mass is 9.90. The van der Waals surface area contributed by atoms with Gasteiger partial charge in [0.05, 0.1) is 12.7 Å². The Kier molecular flexibility index (Phi) is 5.95. The molecule has 1 rings (SSSR count). The second-order valence-corrected chi connectivity index (χ2v) is 4.75. The van der Waals surface area contributed by atoms with E-state index in [2.05, 4.69) is 0 Å². The van der Waals surface area contributed by atoms with Crippen molar-refractivity contribution < 1.29 is 20.1 Å². The molecule has 0 spiro atoms. The second-order valence-electron chi connectivity index (χ2n) is 4.75. The van der Waals surface area contributed by atoms with Gasteiger partial charge in [0.15, 0.2) is 5.54 Å². The number of aliphatic hydroxyl groups is 2. The molecule has 0 aromatic heterocycles. The zero-order valence-corrected chi connectivity index (χ0v) is 10.8. The van der Waals surface area contributed by atoms with Crippen molar-refractivity contribution in [3.8, 4) is 0 Å². The van der Waals surface area contributed by atoms with Crippen molar-refractivity contribution >= 4 is 5.97 Å². The summed E-state index contributed by atoms with van der Waals surface area (Å²) in [6.45, 7) is -0.776. The molecule has 5 heteroatoms. The summed E-state index contributed by atoms with van der Waals surface area (Å²) in [7, 11) is 0. The van der Waals surface area contributed by atoms with Gasteiger partial charge in [0.2, 0.25) is 0 Å². The Hall–Kier alpha value is -1.43. The summed E-state index contributed by atoms with van der Waals surface area (Å²) in [4.78, 5) is 10.9. The van der Waals surface area contributed by atoms with Crippen molar-refractivity contribution in [2.45, 2.75) is 37.3 Å². The molecule has 0 aliphatic rings. The molecule has 0 aliphatic carbocycles. The van der Waals surface area contributed by atoms with E-state index < -0.39 is 24.2 Å². The first-order chi connectivity index (χ1) is 9.00. The van der Waals surface area contributed by atoms with E-state index in [1.54, 1.807) is 0 Å². The maximum Gasteiger partial charge on any atom is 0.328 e. The Bertz CT molecular complexity index is 396. The van der Waals surface area contributed by atoms with Crippen molar-refractivity contribution in [2.24, 2.45) is 5.73 Å².